The van der Waals surface area contributed by atoms with Crippen molar-refractivity contribution in [3.05, 3.63) is 162 Å². The minimum Gasteiger partial charge on any atom is -0.361 e. The maximum absolute atomic E-state index is 13.6. The molecule has 50 heavy (non-hydrogen) atoms. The van der Waals surface area contributed by atoms with Gasteiger partial charge in [-0.3, -0.25) is 19.2 Å². The summed E-state index contributed by atoms with van der Waals surface area (Å²) < 4.78 is 0. The van der Waals surface area contributed by atoms with E-state index in [1.807, 2.05) is 72.8 Å². The summed E-state index contributed by atoms with van der Waals surface area (Å²) >= 11 is 1.37. The molecule has 6 rings (SSSR count). The van der Waals surface area contributed by atoms with Gasteiger partial charge < -0.3 is 26.3 Å². The van der Waals surface area contributed by atoms with Crippen LogP contribution in [0.2, 0.25) is 0 Å². The molecular weight excluding hydrogens is 647 g/mol. The van der Waals surface area contributed by atoms with Crippen LogP contribution in [-0.2, 0) is 14.4 Å². The molecule has 5 N–H and O–H groups in total. The van der Waals surface area contributed by atoms with Gasteiger partial charge in [-0.1, -0.05) is 66.7 Å². The summed E-state index contributed by atoms with van der Waals surface area (Å²) in [6.45, 7) is 1.44. The summed E-state index contributed by atoms with van der Waals surface area (Å²) in [4.78, 5) is 55.7. The van der Waals surface area contributed by atoms with Crippen molar-refractivity contribution in [1.82, 2.24) is 10.3 Å². The Hall–Kier alpha value is -6.39. The molecule has 0 spiro atoms. The standard InChI is InChI=1S/C40H33N5O4S/c1-26(46)42-30-16-18-31(19-17-30)44-40(49)37(27-10-4-2-5-11-27)50-33-22-20-32(21-23-33)43-39(48)36(45-38(47)28-12-6-3-7-13-28)24-29-25-41-35-15-9-8-14-34(29)35/h2-25,37,41H,1H3,(H,42,46)(H,43,48)(H,44,49)(H,45,47)/b36-24+/t37-/m0/s1. The summed E-state index contributed by atoms with van der Waals surface area (Å²) in [5, 5.41) is 11.7. The van der Waals surface area contributed by atoms with Crippen LogP contribution in [0.15, 0.2) is 150 Å². The largest absolute Gasteiger partial charge is 0.361 e. The quantitative estimate of drug-likeness (QED) is 0.0699. The Morgan fingerprint density at radius 2 is 1.24 bits per heavy atom. The second kappa shape index (κ2) is 15.7. The molecule has 0 fully saturated rings. The molecule has 1 atom stereocenters. The zero-order valence-electron chi connectivity index (χ0n) is 27.0. The molecule has 0 bridgehead atoms. The van der Waals surface area contributed by atoms with Gasteiger partial charge in [0.15, 0.2) is 0 Å². The number of aromatic nitrogens is 1. The number of carbonyl (C=O) groups excluding carboxylic acids is 4. The summed E-state index contributed by atoms with van der Waals surface area (Å²) in [6.07, 6.45) is 3.44. The van der Waals surface area contributed by atoms with E-state index in [9.17, 15) is 19.2 Å². The number of benzene rings is 5. The second-order valence-electron chi connectivity index (χ2n) is 11.3. The fourth-order valence-corrected chi connectivity index (χ4v) is 6.24. The van der Waals surface area contributed by atoms with Gasteiger partial charge in [0.1, 0.15) is 10.9 Å². The first-order chi connectivity index (χ1) is 24.3. The number of para-hydroxylation sites is 1. The van der Waals surface area contributed by atoms with E-state index in [1.54, 1.807) is 72.9 Å². The molecule has 0 saturated heterocycles. The summed E-state index contributed by atoms with van der Waals surface area (Å²) in [5.74, 6) is -1.30. The predicted molar refractivity (Wildman–Crippen MR) is 200 cm³/mol. The normalized spacial score (nSPS) is 11.7. The lowest BCUT2D eigenvalue weighted by atomic mass is 10.1. The maximum Gasteiger partial charge on any atom is 0.272 e. The van der Waals surface area contributed by atoms with Crippen molar-refractivity contribution in [2.45, 2.75) is 17.1 Å². The van der Waals surface area contributed by atoms with E-state index in [-0.39, 0.29) is 17.5 Å². The molecule has 0 saturated carbocycles. The van der Waals surface area contributed by atoms with Crippen LogP contribution in [0.1, 0.15) is 33.7 Å². The first-order valence-corrected chi connectivity index (χ1v) is 16.7. The fourth-order valence-electron chi connectivity index (χ4n) is 5.21. The van der Waals surface area contributed by atoms with Gasteiger partial charge in [-0.2, -0.15) is 0 Å². The Bertz CT molecular complexity index is 2160. The van der Waals surface area contributed by atoms with E-state index in [1.165, 1.54) is 18.7 Å². The van der Waals surface area contributed by atoms with Crippen LogP contribution in [0.25, 0.3) is 17.0 Å². The van der Waals surface area contributed by atoms with Crippen LogP contribution < -0.4 is 21.3 Å². The van der Waals surface area contributed by atoms with E-state index in [4.69, 9.17) is 0 Å². The number of amides is 4. The molecule has 0 aliphatic carbocycles. The van der Waals surface area contributed by atoms with E-state index in [0.29, 0.717) is 22.6 Å². The zero-order valence-corrected chi connectivity index (χ0v) is 27.8. The Morgan fingerprint density at radius 3 is 1.92 bits per heavy atom. The molecule has 1 aromatic heterocycles. The number of hydrogen-bond donors (Lipinski definition) is 5. The number of hydrogen-bond acceptors (Lipinski definition) is 5. The number of aromatic amines is 1. The number of thioether (sulfide) groups is 1. The average molecular weight is 680 g/mol. The summed E-state index contributed by atoms with van der Waals surface area (Å²) in [7, 11) is 0. The van der Waals surface area contributed by atoms with E-state index in [2.05, 4.69) is 26.3 Å². The van der Waals surface area contributed by atoms with Gasteiger partial charge in [0, 0.05) is 57.1 Å². The van der Waals surface area contributed by atoms with Gasteiger partial charge >= 0.3 is 0 Å². The van der Waals surface area contributed by atoms with Crippen LogP contribution in [0.3, 0.4) is 0 Å². The third-order valence-corrected chi connectivity index (χ3v) is 8.90. The average Bonchev–Trinajstić information content (AvgIpc) is 3.55. The summed E-state index contributed by atoms with van der Waals surface area (Å²) in [6, 6.07) is 40.0. The Labute approximate surface area is 293 Å². The monoisotopic (exact) mass is 679 g/mol. The lowest BCUT2D eigenvalue weighted by molar-refractivity contribution is -0.116. The second-order valence-corrected chi connectivity index (χ2v) is 12.5. The molecule has 5 aromatic carbocycles. The molecule has 0 aliphatic rings. The molecule has 10 heteroatoms. The number of H-pyrrole nitrogens is 1. The van der Waals surface area contributed by atoms with Gasteiger partial charge in [0.2, 0.25) is 11.8 Å². The molecule has 4 amide bonds. The third-order valence-electron chi connectivity index (χ3n) is 7.63. The number of nitrogens with one attached hydrogen (secondary N) is 5. The zero-order chi connectivity index (χ0) is 34.9. The Balaban J connectivity index is 1.19. The Morgan fingerprint density at radius 1 is 0.660 bits per heavy atom. The maximum atomic E-state index is 13.6. The molecule has 6 aromatic rings. The first kappa shape index (κ1) is 33.5. The topological polar surface area (TPSA) is 132 Å². The minimum absolute atomic E-state index is 0.0768. The highest BCUT2D eigenvalue weighted by Crippen LogP contribution is 2.37. The van der Waals surface area contributed by atoms with Crippen molar-refractivity contribution >= 4 is 69.4 Å². The van der Waals surface area contributed by atoms with Crippen LogP contribution in [0, 0.1) is 0 Å². The molecular formula is C40H33N5O4S. The van der Waals surface area contributed by atoms with E-state index in [0.717, 1.165) is 26.9 Å². The number of anilines is 3. The van der Waals surface area contributed by atoms with Crippen molar-refractivity contribution in [2.24, 2.45) is 0 Å². The number of rotatable bonds is 11. The molecule has 0 unspecified atom stereocenters. The van der Waals surface area contributed by atoms with Crippen molar-refractivity contribution in [2.75, 3.05) is 16.0 Å². The van der Waals surface area contributed by atoms with Crippen molar-refractivity contribution in [3.63, 3.8) is 0 Å². The fraction of sp³-hybridized carbons (Fsp3) is 0.0500. The van der Waals surface area contributed by atoms with Gasteiger partial charge in [0.05, 0.1) is 0 Å². The number of carbonyl (C=O) groups is 4. The van der Waals surface area contributed by atoms with Crippen LogP contribution in [0.5, 0.6) is 0 Å². The lowest BCUT2D eigenvalue weighted by Gasteiger charge is -2.18. The first-order valence-electron chi connectivity index (χ1n) is 15.8. The van der Waals surface area contributed by atoms with Crippen molar-refractivity contribution in [1.29, 1.82) is 0 Å². The van der Waals surface area contributed by atoms with Crippen LogP contribution >= 0.6 is 11.8 Å². The SMILES string of the molecule is CC(=O)Nc1ccc(NC(=O)[C@@H](Sc2ccc(NC(=O)/C(=C\c3c[nH]c4ccccc34)NC(=O)c3ccccc3)cc2)c2ccccc2)cc1. The Kier molecular flexibility index (Phi) is 10.5. The van der Waals surface area contributed by atoms with Crippen LogP contribution in [0.4, 0.5) is 17.1 Å². The van der Waals surface area contributed by atoms with Gasteiger partial charge in [-0.05, 0) is 78.4 Å². The van der Waals surface area contributed by atoms with Crippen molar-refractivity contribution in [3.8, 4) is 0 Å². The molecule has 0 radical (unpaired) electrons. The smallest absolute Gasteiger partial charge is 0.272 e. The third kappa shape index (κ3) is 8.55. The number of fused-ring (bicyclic) bond motifs is 1. The van der Waals surface area contributed by atoms with E-state index >= 15 is 0 Å². The molecule has 248 valence electrons. The molecule has 1 heterocycles. The van der Waals surface area contributed by atoms with Gasteiger partial charge in [0.25, 0.3) is 11.8 Å². The highest BCUT2D eigenvalue weighted by molar-refractivity contribution is 8.00. The predicted octanol–water partition coefficient (Wildman–Crippen LogP) is 8.01. The van der Waals surface area contributed by atoms with Gasteiger partial charge in [-0.15, -0.1) is 11.8 Å². The van der Waals surface area contributed by atoms with Crippen molar-refractivity contribution < 1.29 is 19.2 Å². The van der Waals surface area contributed by atoms with E-state index < -0.39 is 17.1 Å². The highest BCUT2D eigenvalue weighted by Gasteiger charge is 2.23. The minimum atomic E-state index is -0.578. The summed E-state index contributed by atoms with van der Waals surface area (Å²) in [5.41, 5.74) is 4.72. The molecule has 9 nitrogen and oxygen atoms in total. The molecule has 0 aliphatic heterocycles. The van der Waals surface area contributed by atoms with Crippen LogP contribution in [-0.4, -0.2) is 28.6 Å². The van der Waals surface area contributed by atoms with Gasteiger partial charge in [-0.25, -0.2) is 0 Å². The highest BCUT2D eigenvalue weighted by atomic mass is 32.2. The lowest BCUT2D eigenvalue weighted by Crippen LogP contribution is -2.30.